The standard InChI is InChI=1S/C24H21NO5/c1-16(27)20-8-5-9-21(14-20)25-23(28)22(18-6-3-2-4-7-18)30-24(29)19-12-10-17(15-26)11-13-19/h2-14,22,26H,15H2,1H3,(H,25,28)/t22-/m0/s1. The van der Waals surface area contributed by atoms with E-state index in [0.717, 1.165) is 0 Å². The van der Waals surface area contributed by atoms with Crippen LogP contribution in [0.4, 0.5) is 5.69 Å². The van der Waals surface area contributed by atoms with Gasteiger partial charge in [-0.25, -0.2) is 4.79 Å². The topological polar surface area (TPSA) is 92.7 Å². The van der Waals surface area contributed by atoms with E-state index in [0.29, 0.717) is 22.4 Å². The van der Waals surface area contributed by atoms with Crippen molar-refractivity contribution >= 4 is 23.3 Å². The van der Waals surface area contributed by atoms with E-state index in [1.807, 2.05) is 0 Å². The average Bonchev–Trinajstić information content (AvgIpc) is 2.78. The predicted molar refractivity (Wildman–Crippen MR) is 112 cm³/mol. The molecule has 0 aromatic heterocycles. The van der Waals surface area contributed by atoms with Gasteiger partial charge in [0, 0.05) is 16.8 Å². The molecule has 1 amide bonds. The maximum absolute atomic E-state index is 13.0. The first-order valence-electron chi connectivity index (χ1n) is 9.35. The molecule has 0 heterocycles. The lowest BCUT2D eigenvalue weighted by atomic mass is 10.1. The van der Waals surface area contributed by atoms with Crippen LogP contribution in [-0.2, 0) is 16.1 Å². The molecule has 0 fully saturated rings. The third kappa shape index (κ3) is 5.18. The summed E-state index contributed by atoms with van der Waals surface area (Å²) >= 11 is 0. The Hall–Kier alpha value is -3.77. The molecule has 6 nitrogen and oxygen atoms in total. The molecule has 30 heavy (non-hydrogen) atoms. The van der Waals surface area contributed by atoms with Gasteiger partial charge in [0.2, 0.25) is 6.10 Å². The van der Waals surface area contributed by atoms with Gasteiger partial charge < -0.3 is 15.2 Å². The summed E-state index contributed by atoms with van der Waals surface area (Å²) in [4.78, 5) is 37.2. The zero-order valence-electron chi connectivity index (χ0n) is 16.4. The molecule has 3 aromatic carbocycles. The van der Waals surface area contributed by atoms with Crippen molar-refractivity contribution in [1.29, 1.82) is 0 Å². The monoisotopic (exact) mass is 403 g/mol. The molecule has 3 aromatic rings. The van der Waals surface area contributed by atoms with Crippen molar-refractivity contribution in [2.45, 2.75) is 19.6 Å². The Bertz CT molecular complexity index is 1040. The van der Waals surface area contributed by atoms with Gasteiger partial charge in [0.15, 0.2) is 5.78 Å². The van der Waals surface area contributed by atoms with Crippen molar-refractivity contribution in [3.05, 3.63) is 101 Å². The lowest BCUT2D eigenvalue weighted by Gasteiger charge is -2.18. The number of hydrogen-bond acceptors (Lipinski definition) is 5. The number of anilines is 1. The minimum Gasteiger partial charge on any atom is -0.444 e. The molecule has 0 aliphatic heterocycles. The van der Waals surface area contributed by atoms with Gasteiger partial charge in [-0.1, -0.05) is 54.6 Å². The predicted octanol–water partition coefficient (Wildman–Crippen LogP) is 3.92. The highest BCUT2D eigenvalue weighted by Crippen LogP contribution is 2.22. The van der Waals surface area contributed by atoms with Crippen LogP contribution in [0.15, 0.2) is 78.9 Å². The number of Topliss-reactive ketones (excluding diaryl/α,β-unsaturated/α-hetero) is 1. The number of rotatable bonds is 7. The fourth-order valence-electron chi connectivity index (χ4n) is 2.85. The number of aliphatic hydroxyl groups is 1. The van der Waals surface area contributed by atoms with E-state index in [2.05, 4.69) is 5.32 Å². The third-order valence-electron chi connectivity index (χ3n) is 4.47. The summed E-state index contributed by atoms with van der Waals surface area (Å²) in [5.41, 5.74) is 2.33. The Balaban J connectivity index is 1.83. The van der Waals surface area contributed by atoms with Crippen LogP contribution < -0.4 is 5.32 Å². The summed E-state index contributed by atoms with van der Waals surface area (Å²) in [6.45, 7) is 1.31. The number of carbonyl (C=O) groups excluding carboxylic acids is 3. The first-order valence-corrected chi connectivity index (χ1v) is 9.35. The van der Waals surface area contributed by atoms with Crippen LogP contribution in [0.25, 0.3) is 0 Å². The fourth-order valence-corrected chi connectivity index (χ4v) is 2.85. The molecule has 3 rings (SSSR count). The first-order chi connectivity index (χ1) is 14.5. The van der Waals surface area contributed by atoms with E-state index in [4.69, 9.17) is 9.84 Å². The summed E-state index contributed by atoms with van der Waals surface area (Å²) in [6, 6.07) is 21.5. The van der Waals surface area contributed by atoms with Gasteiger partial charge in [-0.3, -0.25) is 9.59 Å². The molecular formula is C24H21NO5. The van der Waals surface area contributed by atoms with Crippen molar-refractivity contribution in [1.82, 2.24) is 0 Å². The lowest BCUT2D eigenvalue weighted by molar-refractivity contribution is -0.125. The van der Waals surface area contributed by atoms with Crippen LogP contribution in [0, 0.1) is 0 Å². The Morgan fingerprint density at radius 1 is 0.900 bits per heavy atom. The smallest absolute Gasteiger partial charge is 0.339 e. The number of ether oxygens (including phenoxy) is 1. The largest absolute Gasteiger partial charge is 0.444 e. The van der Waals surface area contributed by atoms with Crippen LogP contribution in [0.5, 0.6) is 0 Å². The second-order valence-electron chi connectivity index (χ2n) is 6.68. The number of nitrogens with one attached hydrogen (secondary N) is 1. The molecule has 0 aliphatic rings. The van der Waals surface area contributed by atoms with E-state index < -0.39 is 18.0 Å². The number of aliphatic hydroxyl groups excluding tert-OH is 1. The summed E-state index contributed by atoms with van der Waals surface area (Å²) in [5, 5.41) is 11.8. The van der Waals surface area contributed by atoms with Crippen LogP contribution in [-0.4, -0.2) is 22.8 Å². The van der Waals surface area contributed by atoms with E-state index in [-0.39, 0.29) is 18.0 Å². The highest BCUT2D eigenvalue weighted by Gasteiger charge is 2.26. The highest BCUT2D eigenvalue weighted by molar-refractivity contribution is 6.00. The lowest BCUT2D eigenvalue weighted by Crippen LogP contribution is -2.26. The molecule has 152 valence electrons. The summed E-state index contributed by atoms with van der Waals surface area (Å²) in [7, 11) is 0. The van der Waals surface area contributed by atoms with Crippen molar-refractivity contribution in [3.63, 3.8) is 0 Å². The number of carbonyl (C=O) groups is 3. The quantitative estimate of drug-likeness (QED) is 0.461. The fraction of sp³-hybridized carbons (Fsp3) is 0.125. The Kier molecular flexibility index (Phi) is 6.72. The van der Waals surface area contributed by atoms with Gasteiger partial charge in [0.25, 0.3) is 5.91 Å². The number of amides is 1. The van der Waals surface area contributed by atoms with Crippen LogP contribution in [0.3, 0.4) is 0 Å². The Morgan fingerprint density at radius 2 is 1.60 bits per heavy atom. The zero-order valence-corrected chi connectivity index (χ0v) is 16.4. The molecule has 0 unspecified atom stereocenters. The number of ketones is 1. The van der Waals surface area contributed by atoms with E-state index in [1.165, 1.54) is 19.1 Å². The molecule has 0 spiro atoms. The second kappa shape index (κ2) is 9.62. The molecule has 0 saturated heterocycles. The maximum atomic E-state index is 13.0. The summed E-state index contributed by atoms with van der Waals surface area (Å²) in [5.74, 6) is -1.33. The molecular weight excluding hydrogens is 382 g/mol. The van der Waals surface area contributed by atoms with E-state index in [1.54, 1.807) is 66.7 Å². The number of hydrogen-bond donors (Lipinski definition) is 2. The normalized spacial score (nSPS) is 11.4. The van der Waals surface area contributed by atoms with Gasteiger partial charge in [-0.05, 0) is 36.8 Å². The highest BCUT2D eigenvalue weighted by atomic mass is 16.5. The first kappa shape index (κ1) is 21.0. The molecule has 0 saturated carbocycles. The SMILES string of the molecule is CC(=O)c1cccc(NC(=O)[C@@H](OC(=O)c2ccc(CO)cc2)c2ccccc2)c1. The Labute approximate surface area is 174 Å². The van der Waals surface area contributed by atoms with E-state index in [9.17, 15) is 14.4 Å². The Morgan fingerprint density at radius 3 is 2.23 bits per heavy atom. The van der Waals surface area contributed by atoms with Gasteiger partial charge in [-0.15, -0.1) is 0 Å². The van der Waals surface area contributed by atoms with Gasteiger partial charge >= 0.3 is 5.97 Å². The minimum atomic E-state index is -1.18. The van der Waals surface area contributed by atoms with Crippen molar-refractivity contribution < 1.29 is 24.2 Å². The van der Waals surface area contributed by atoms with Crippen LogP contribution in [0.1, 0.15) is 44.9 Å². The average molecular weight is 403 g/mol. The molecule has 2 N–H and O–H groups in total. The van der Waals surface area contributed by atoms with Gasteiger partial charge in [0.05, 0.1) is 12.2 Å². The third-order valence-corrected chi connectivity index (χ3v) is 4.47. The number of esters is 1. The minimum absolute atomic E-state index is 0.122. The second-order valence-corrected chi connectivity index (χ2v) is 6.68. The van der Waals surface area contributed by atoms with Crippen molar-refractivity contribution in [2.24, 2.45) is 0 Å². The molecule has 1 atom stereocenters. The molecule has 0 bridgehead atoms. The number of benzene rings is 3. The molecule has 6 heteroatoms. The van der Waals surface area contributed by atoms with Crippen molar-refractivity contribution in [2.75, 3.05) is 5.32 Å². The zero-order chi connectivity index (χ0) is 21.5. The van der Waals surface area contributed by atoms with Gasteiger partial charge in [-0.2, -0.15) is 0 Å². The summed E-state index contributed by atoms with van der Waals surface area (Å²) in [6.07, 6.45) is -1.18. The van der Waals surface area contributed by atoms with Crippen LogP contribution in [0.2, 0.25) is 0 Å². The molecule has 0 radical (unpaired) electrons. The van der Waals surface area contributed by atoms with Crippen LogP contribution >= 0.6 is 0 Å². The molecule has 0 aliphatic carbocycles. The van der Waals surface area contributed by atoms with E-state index >= 15 is 0 Å². The maximum Gasteiger partial charge on any atom is 0.339 e. The van der Waals surface area contributed by atoms with Gasteiger partial charge in [0.1, 0.15) is 0 Å². The van der Waals surface area contributed by atoms with Crippen molar-refractivity contribution in [3.8, 4) is 0 Å². The summed E-state index contributed by atoms with van der Waals surface area (Å²) < 4.78 is 5.53.